The van der Waals surface area contributed by atoms with Gasteiger partial charge in [0.1, 0.15) is 18.1 Å². The van der Waals surface area contributed by atoms with Crippen LogP contribution in [0, 0.1) is 0 Å². The first kappa shape index (κ1) is 16.6. The summed E-state index contributed by atoms with van der Waals surface area (Å²) in [6.45, 7) is 0.233. The zero-order chi connectivity index (χ0) is 16.2. The number of halogens is 1. The molecule has 0 saturated carbocycles. The van der Waals surface area contributed by atoms with E-state index in [-0.39, 0.29) is 12.4 Å². The first-order chi connectivity index (χ1) is 10.4. The van der Waals surface area contributed by atoms with Gasteiger partial charge in [-0.1, -0.05) is 41.9 Å². The maximum Gasteiger partial charge on any atom is 0.151 e. The van der Waals surface area contributed by atoms with E-state index in [0.717, 1.165) is 5.56 Å². The first-order valence-electron chi connectivity index (χ1n) is 6.60. The van der Waals surface area contributed by atoms with Crippen molar-refractivity contribution in [1.82, 2.24) is 0 Å². The standard InChI is InChI=1S/C16H17ClO4S/c1-20-15-9-5-7-12(16(15)17)10-21-14-8-4-3-6-13(14)11-22(2,18)19/h3-9H,10-11H2,1-2H3. The number of para-hydroxylation sites is 1. The van der Waals surface area contributed by atoms with Gasteiger partial charge in [0.25, 0.3) is 0 Å². The molecule has 0 N–H and O–H groups in total. The smallest absolute Gasteiger partial charge is 0.151 e. The van der Waals surface area contributed by atoms with Crippen LogP contribution in [-0.2, 0) is 22.2 Å². The molecule has 0 aliphatic heterocycles. The number of rotatable bonds is 6. The van der Waals surface area contributed by atoms with Crippen LogP contribution >= 0.6 is 11.6 Å². The minimum Gasteiger partial charge on any atom is -0.495 e. The number of hydrogen-bond acceptors (Lipinski definition) is 4. The number of methoxy groups -OCH3 is 1. The van der Waals surface area contributed by atoms with Gasteiger partial charge in [-0.15, -0.1) is 0 Å². The van der Waals surface area contributed by atoms with E-state index in [9.17, 15) is 8.42 Å². The van der Waals surface area contributed by atoms with Crippen molar-refractivity contribution in [2.45, 2.75) is 12.4 Å². The van der Waals surface area contributed by atoms with E-state index in [1.54, 1.807) is 37.4 Å². The summed E-state index contributed by atoms with van der Waals surface area (Å²) in [6.07, 6.45) is 1.20. The van der Waals surface area contributed by atoms with E-state index < -0.39 is 9.84 Å². The predicted molar refractivity (Wildman–Crippen MR) is 87.3 cm³/mol. The van der Waals surface area contributed by atoms with E-state index in [1.807, 2.05) is 12.1 Å². The second-order valence-corrected chi connectivity index (χ2v) is 7.42. The molecule has 2 aromatic carbocycles. The lowest BCUT2D eigenvalue weighted by molar-refractivity contribution is 0.303. The van der Waals surface area contributed by atoms with Gasteiger partial charge in [0.05, 0.1) is 17.9 Å². The predicted octanol–water partition coefficient (Wildman–Crippen LogP) is 3.47. The Balaban J connectivity index is 2.19. The zero-order valence-corrected chi connectivity index (χ0v) is 13.9. The molecule has 118 valence electrons. The van der Waals surface area contributed by atoms with Crippen LogP contribution in [0.4, 0.5) is 0 Å². The lowest BCUT2D eigenvalue weighted by atomic mass is 10.2. The lowest BCUT2D eigenvalue weighted by Gasteiger charge is -2.13. The van der Waals surface area contributed by atoms with Gasteiger partial charge in [0.15, 0.2) is 9.84 Å². The Morgan fingerprint density at radius 2 is 1.64 bits per heavy atom. The van der Waals surface area contributed by atoms with Gasteiger partial charge in [-0.25, -0.2) is 8.42 Å². The molecule has 6 heteroatoms. The SMILES string of the molecule is COc1cccc(COc2ccccc2CS(C)(=O)=O)c1Cl. The number of hydrogen-bond donors (Lipinski definition) is 0. The summed E-state index contributed by atoms with van der Waals surface area (Å²) in [4.78, 5) is 0. The maximum atomic E-state index is 11.5. The molecule has 0 aliphatic rings. The average molecular weight is 341 g/mol. The molecule has 0 spiro atoms. The molecule has 4 nitrogen and oxygen atoms in total. The Morgan fingerprint density at radius 3 is 2.32 bits per heavy atom. The molecular weight excluding hydrogens is 324 g/mol. The van der Waals surface area contributed by atoms with Crippen LogP contribution < -0.4 is 9.47 Å². The second-order valence-electron chi connectivity index (χ2n) is 4.90. The summed E-state index contributed by atoms with van der Waals surface area (Å²) in [6, 6.07) is 12.5. The van der Waals surface area contributed by atoms with E-state index in [1.165, 1.54) is 6.26 Å². The van der Waals surface area contributed by atoms with Gasteiger partial charge in [-0.05, 0) is 12.1 Å². The van der Waals surface area contributed by atoms with E-state index in [4.69, 9.17) is 21.1 Å². The van der Waals surface area contributed by atoms with Crippen LogP contribution in [0.25, 0.3) is 0 Å². The highest BCUT2D eigenvalue weighted by atomic mass is 35.5. The number of sulfone groups is 1. The molecule has 2 aromatic rings. The molecule has 0 aromatic heterocycles. The van der Waals surface area contributed by atoms with Crippen LogP contribution in [0.15, 0.2) is 42.5 Å². The summed E-state index contributed by atoms with van der Waals surface area (Å²) >= 11 is 6.22. The highest BCUT2D eigenvalue weighted by Gasteiger charge is 2.12. The van der Waals surface area contributed by atoms with Crippen molar-refractivity contribution >= 4 is 21.4 Å². The molecule has 2 rings (SSSR count). The van der Waals surface area contributed by atoms with E-state index in [2.05, 4.69) is 0 Å². The van der Waals surface area contributed by atoms with Crippen LogP contribution in [0.2, 0.25) is 5.02 Å². The van der Waals surface area contributed by atoms with Gasteiger partial charge < -0.3 is 9.47 Å². The highest BCUT2D eigenvalue weighted by Crippen LogP contribution is 2.29. The van der Waals surface area contributed by atoms with Gasteiger partial charge in [0, 0.05) is 17.4 Å². The average Bonchev–Trinajstić information content (AvgIpc) is 2.46. The third-order valence-corrected chi connectivity index (χ3v) is 4.30. The van der Waals surface area contributed by atoms with Crippen LogP contribution in [0.5, 0.6) is 11.5 Å². The topological polar surface area (TPSA) is 52.6 Å². The minimum absolute atomic E-state index is 0.0605. The fourth-order valence-corrected chi connectivity index (χ4v) is 3.09. The summed E-state index contributed by atoms with van der Waals surface area (Å²) in [7, 11) is -1.58. The van der Waals surface area contributed by atoms with Gasteiger partial charge in [-0.3, -0.25) is 0 Å². The van der Waals surface area contributed by atoms with Crippen LogP contribution in [-0.4, -0.2) is 21.8 Å². The van der Waals surface area contributed by atoms with Gasteiger partial charge in [-0.2, -0.15) is 0 Å². The molecule has 0 heterocycles. The molecule has 0 saturated heterocycles. The molecule has 22 heavy (non-hydrogen) atoms. The Bertz CT molecular complexity index is 756. The largest absolute Gasteiger partial charge is 0.495 e. The minimum atomic E-state index is -3.13. The van der Waals surface area contributed by atoms with E-state index >= 15 is 0 Å². The Labute approximate surface area is 135 Å². The Morgan fingerprint density at radius 1 is 1.00 bits per heavy atom. The van der Waals surface area contributed by atoms with Crippen molar-refractivity contribution in [2.75, 3.05) is 13.4 Å². The monoisotopic (exact) mass is 340 g/mol. The summed E-state index contributed by atoms with van der Waals surface area (Å²) in [5.41, 5.74) is 1.40. The molecule has 0 unspecified atom stereocenters. The van der Waals surface area contributed by atoms with Crippen LogP contribution in [0.3, 0.4) is 0 Å². The molecular formula is C16H17ClO4S. The van der Waals surface area contributed by atoms with Crippen molar-refractivity contribution in [1.29, 1.82) is 0 Å². The summed E-state index contributed by atoms with van der Waals surface area (Å²) < 4.78 is 33.8. The van der Waals surface area contributed by atoms with Crippen molar-refractivity contribution in [3.63, 3.8) is 0 Å². The number of ether oxygens (including phenoxy) is 2. The summed E-state index contributed by atoms with van der Waals surface area (Å²) in [5, 5.41) is 0.491. The maximum absolute atomic E-state index is 11.5. The van der Waals surface area contributed by atoms with Crippen molar-refractivity contribution < 1.29 is 17.9 Å². The first-order valence-corrected chi connectivity index (χ1v) is 9.04. The third kappa shape index (κ3) is 4.39. The Hall–Kier alpha value is -1.72. The second kappa shape index (κ2) is 7.03. The van der Waals surface area contributed by atoms with Gasteiger partial charge >= 0.3 is 0 Å². The van der Waals surface area contributed by atoms with Crippen molar-refractivity contribution in [2.24, 2.45) is 0 Å². The summed E-state index contributed by atoms with van der Waals surface area (Å²) in [5.74, 6) is 1.05. The zero-order valence-electron chi connectivity index (χ0n) is 12.4. The molecule has 0 bridgehead atoms. The molecule has 0 atom stereocenters. The molecule has 0 radical (unpaired) electrons. The fourth-order valence-electron chi connectivity index (χ4n) is 2.03. The lowest BCUT2D eigenvalue weighted by Crippen LogP contribution is -2.04. The normalized spacial score (nSPS) is 11.2. The molecule has 0 amide bonds. The number of benzene rings is 2. The van der Waals surface area contributed by atoms with Crippen LogP contribution in [0.1, 0.15) is 11.1 Å². The third-order valence-electron chi connectivity index (χ3n) is 3.04. The van der Waals surface area contributed by atoms with Crippen molar-refractivity contribution in [3.8, 4) is 11.5 Å². The van der Waals surface area contributed by atoms with Gasteiger partial charge in [0.2, 0.25) is 0 Å². The molecule has 0 fully saturated rings. The molecule has 0 aliphatic carbocycles. The highest BCUT2D eigenvalue weighted by molar-refractivity contribution is 7.89. The fraction of sp³-hybridized carbons (Fsp3) is 0.250. The van der Waals surface area contributed by atoms with Crippen molar-refractivity contribution in [3.05, 3.63) is 58.6 Å². The van der Waals surface area contributed by atoms with E-state index in [0.29, 0.717) is 22.1 Å². The quantitative estimate of drug-likeness (QED) is 0.808. The Kier molecular flexibility index (Phi) is 5.32.